The summed E-state index contributed by atoms with van der Waals surface area (Å²) >= 11 is 3.55. The number of ketones is 1. The summed E-state index contributed by atoms with van der Waals surface area (Å²) in [5.74, 6) is 0.182. The van der Waals surface area contributed by atoms with Crippen molar-refractivity contribution in [2.24, 2.45) is 0 Å². The number of hydrogen-bond donors (Lipinski definition) is 1. The van der Waals surface area contributed by atoms with E-state index >= 15 is 0 Å². The fraction of sp³-hybridized carbons (Fsp3) is 0.467. The highest BCUT2D eigenvalue weighted by Crippen LogP contribution is 2.35. The molecular formula is C15H18BrNO2. The zero-order valence-corrected chi connectivity index (χ0v) is 12.6. The minimum Gasteiger partial charge on any atom is -0.349 e. The van der Waals surface area contributed by atoms with Crippen molar-refractivity contribution in [2.45, 2.75) is 45.1 Å². The van der Waals surface area contributed by atoms with Crippen molar-refractivity contribution in [3.05, 3.63) is 33.8 Å². The molecule has 3 nitrogen and oxygen atoms in total. The van der Waals surface area contributed by atoms with Crippen molar-refractivity contribution in [3.8, 4) is 0 Å². The summed E-state index contributed by atoms with van der Waals surface area (Å²) in [5, 5.41) is 3.06. The average molecular weight is 324 g/mol. The van der Waals surface area contributed by atoms with E-state index in [1.807, 2.05) is 12.1 Å². The fourth-order valence-corrected chi connectivity index (χ4v) is 3.10. The van der Waals surface area contributed by atoms with Gasteiger partial charge in [0.05, 0.1) is 6.04 Å². The zero-order chi connectivity index (χ0) is 13.8. The first-order valence-electron chi connectivity index (χ1n) is 6.64. The number of rotatable bonds is 5. The van der Waals surface area contributed by atoms with Crippen molar-refractivity contribution in [1.82, 2.24) is 5.32 Å². The van der Waals surface area contributed by atoms with E-state index in [4.69, 9.17) is 0 Å². The van der Waals surface area contributed by atoms with E-state index in [0.717, 1.165) is 17.3 Å². The van der Waals surface area contributed by atoms with Gasteiger partial charge >= 0.3 is 0 Å². The number of carbonyl (C=O) groups is 2. The molecule has 0 aliphatic heterocycles. The van der Waals surface area contributed by atoms with Crippen molar-refractivity contribution in [1.29, 1.82) is 0 Å². The molecule has 0 heterocycles. The lowest BCUT2D eigenvalue weighted by Gasteiger charge is -2.14. The normalized spacial score (nSPS) is 17.1. The Hall–Kier alpha value is -1.16. The Labute approximate surface area is 121 Å². The highest BCUT2D eigenvalue weighted by Gasteiger charge is 2.24. The second-order valence-corrected chi connectivity index (χ2v) is 5.88. The predicted molar refractivity (Wildman–Crippen MR) is 77.9 cm³/mol. The van der Waals surface area contributed by atoms with Gasteiger partial charge in [-0.3, -0.25) is 4.79 Å². The zero-order valence-electron chi connectivity index (χ0n) is 11.0. The molecule has 1 aromatic carbocycles. The minimum absolute atomic E-state index is 0.0408. The second kappa shape index (κ2) is 6.33. The van der Waals surface area contributed by atoms with E-state index in [-0.39, 0.29) is 17.7 Å². The number of amides is 1. The maximum absolute atomic E-state index is 11.8. The van der Waals surface area contributed by atoms with E-state index in [0.29, 0.717) is 19.3 Å². The van der Waals surface area contributed by atoms with E-state index in [1.54, 1.807) is 6.92 Å². The first-order chi connectivity index (χ1) is 9.08. The molecule has 102 valence electrons. The standard InChI is InChI=1S/C15H18BrNO2/c1-10(18)4-2-7-15(19)17-14-9-8-11-12(14)5-3-6-13(11)16/h3,5-6,14H,2,4,7-9H2,1H3,(H,17,19)/t14-/m1/s1. The number of halogens is 1. The van der Waals surface area contributed by atoms with Gasteiger partial charge in [0, 0.05) is 17.3 Å². The molecule has 1 atom stereocenters. The summed E-state index contributed by atoms with van der Waals surface area (Å²) in [4.78, 5) is 22.7. The smallest absolute Gasteiger partial charge is 0.220 e. The Morgan fingerprint density at radius 2 is 2.16 bits per heavy atom. The van der Waals surface area contributed by atoms with Crippen LogP contribution in [0, 0.1) is 0 Å². The first-order valence-corrected chi connectivity index (χ1v) is 7.43. The van der Waals surface area contributed by atoms with Crippen molar-refractivity contribution in [2.75, 3.05) is 0 Å². The molecule has 4 heteroatoms. The van der Waals surface area contributed by atoms with Crippen LogP contribution in [0.15, 0.2) is 22.7 Å². The Morgan fingerprint density at radius 1 is 1.37 bits per heavy atom. The van der Waals surface area contributed by atoms with E-state index in [2.05, 4.69) is 27.3 Å². The van der Waals surface area contributed by atoms with Gasteiger partial charge in [0.2, 0.25) is 5.91 Å². The third-order valence-corrected chi connectivity index (χ3v) is 4.22. The first kappa shape index (κ1) is 14.3. The number of fused-ring (bicyclic) bond motifs is 1. The van der Waals surface area contributed by atoms with Gasteiger partial charge in [-0.25, -0.2) is 0 Å². The topological polar surface area (TPSA) is 46.2 Å². The third kappa shape index (κ3) is 3.66. The number of hydrogen-bond acceptors (Lipinski definition) is 2. The van der Waals surface area contributed by atoms with Gasteiger partial charge in [-0.15, -0.1) is 0 Å². The van der Waals surface area contributed by atoms with Crippen molar-refractivity contribution < 1.29 is 9.59 Å². The SMILES string of the molecule is CC(=O)CCCC(=O)N[C@@H]1CCc2c(Br)cccc21. The van der Waals surface area contributed by atoms with Crippen molar-refractivity contribution >= 4 is 27.6 Å². The van der Waals surface area contributed by atoms with Gasteiger partial charge in [0.15, 0.2) is 0 Å². The molecule has 0 bridgehead atoms. The molecular weight excluding hydrogens is 306 g/mol. The van der Waals surface area contributed by atoms with Crippen LogP contribution in [-0.4, -0.2) is 11.7 Å². The monoisotopic (exact) mass is 323 g/mol. The summed E-state index contributed by atoms with van der Waals surface area (Å²) in [6.45, 7) is 1.56. The van der Waals surface area contributed by atoms with Crippen LogP contribution < -0.4 is 5.32 Å². The molecule has 1 aliphatic rings. The second-order valence-electron chi connectivity index (χ2n) is 5.02. The van der Waals surface area contributed by atoms with Crippen LogP contribution in [0.1, 0.15) is 49.8 Å². The fourth-order valence-electron chi connectivity index (χ4n) is 2.52. The summed E-state index contributed by atoms with van der Waals surface area (Å²) in [6.07, 6.45) is 3.50. The molecule has 1 amide bonds. The minimum atomic E-state index is 0.0408. The maximum atomic E-state index is 11.8. The van der Waals surface area contributed by atoms with Gasteiger partial charge in [-0.2, -0.15) is 0 Å². The summed E-state index contributed by atoms with van der Waals surface area (Å²) < 4.78 is 1.12. The summed E-state index contributed by atoms with van der Waals surface area (Å²) in [7, 11) is 0. The third-order valence-electron chi connectivity index (χ3n) is 3.48. The molecule has 0 unspecified atom stereocenters. The Balaban J connectivity index is 1.90. The molecule has 0 saturated carbocycles. The van der Waals surface area contributed by atoms with Gasteiger partial charge in [-0.1, -0.05) is 28.1 Å². The predicted octanol–water partition coefficient (Wildman–Crippen LogP) is 3.31. The molecule has 19 heavy (non-hydrogen) atoms. The lowest BCUT2D eigenvalue weighted by molar-refractivity contribution is -0.122. The molecule has 0 saturated heterocycles. The van der Waals surface area contributed by atoms with Crippen LogP contribution in [0.2, 0.25) is 0 Å². The summed E-state index contributed by atoms with van der Waals surface area (Å²) in [6, 6.07) is 6.24. The van der Waals surface area contributed by atoms with E-state index in [1.165, 1.54) is 11.1 Å². The van der Waals surface area contributed by atoms with Crippen LogP contribution in [0.4, 0.5) is 0 Å². The van der Waals surface area contributed by atoms with Gasteiger partial charge < -0.3 is 10.1 Å². The van der Waals surface area contributed by atoms with Gasteiger partial charge in [0.25, 0.3) is 0 Å². The molecule has 0 aromatic heterocycles. The highest BCUT2D eigenvalue weighted by molar-refractivity contribution is 9.10. The van der Waals surface area contributed by atoms with Crippen LogP contribution >= 0.6 is 15.9 Å². The number of benzene rings is 1. The van der Waals surface area contributed by atoms with Gasteiger partial charge in [0.1, 0.15) is 5.78 Å². The van der Waals surface area contributed by atoms with Crippen LogP contribution in [0.25, 0.3) is 0 Å². The number of Topliss-reactive ketones (excluding diaryl/α,β-unsaturated/α-hetero) is 1. The molecule has 1 aliphatic carbocycles. The van der Waals surface area contributed by atoms with E-state index < -0.39 is 0 Å². The summed E-state index contributed by atoms with van der Waals surface area (Å²) in [5.41, 5.74) is 2.52. The molecule has 1 aromatic rings. The number of carbonyl (C=O) groups excluding carboxylic acids is 2. The lowest BCUT2D eigenvalue weighted by Crippen LogP contribution is -2.26. The molecule has 0 spiro atoms. The lowest BCUT2D eigenvalue weighted by atomic mass is 10.1. The molecule has 2 rings (SSSR count). The highest BCUT2D eigenvalue weighted by atomic mass is 79.9. The Morgan fingerprint density at radius 3 is 2.89 bits per heavy atom. The quantitative estimate of drug-likeness (QED) is 0.903. The molecule has 0 fully saturated rings. The maximum Gasteiger partial charge on any atom is 0.220 e. The van der Waals surface area contributed by atoms with Crippen molar-refractivity contribution in [3.63, 3.8) is 0 Å². The van der Waals surface area contributed by atoms with Crippen LogP contribution in [-0.2, 0) is 16.0 Å². The largest absolute Gasteiger partial charge is 0.349 e. The van der Waals surface area contributed by atoms with Crippen LogP contribution in [0.5, 0.6) is 0 Å². The van der Waals surface area contributed by atoms with Crippen LogP contribution in [0.3, 0.4) is 0 Å². The Kier molecular flexibility index (Phi) is 4.75. The Bertz CT molecular complexity index is 499. The molecule has 0 radical (unpaired) electrons. The van der Waals surface area contributed by atoms with Gasteiger partial charge in [-0.05, 0) is 43.4 Å². The molecule has 1 N–H and O–H groups in total. The average Bonchev–Trinajstić information content (AvgIpc) is 2.73. The van der Waals surface area contributed by atoms with E-state index in [9.17, 15) is 9.59 Å². The number of nitrogens with one attached hydrogen (secondary N) is 1.